The van der Waals surface area contributed by atoms with Crippen LogP contribution in [0, 0.1) is 5.82 Å². The smallest absolute Gasteiger partial charge is 0.258 e. The van der Waals surface area contributed by atoms with Crippen LogP contribution in [0.1, 0.15) is 18.8 Å². The van der Waals surface area contributed by atoms with Crippen molar-refractivity contribution in [1.29, 1.82) is 0 Å². The minimum absolute atomic E-state index is 0.0000839. The molecule has 1 unspecified atom stereocenters. The van der Waals surface area contributed by atoms with Crippen molar-refractivity contribution in [2.75, 3.05) is 31.1 Å². The summed E-state index contributed by atoms with van der Waals surface area (Å²) in [5, 5.41) is 0.604. The summed E-state index contributed by atoms with van der Waals surface area (Å²) in [6.07, 6.45) is 2.90. The third kappa shape index (κ3) is 3.17. The molecule has 1 aromatic carbocycles. The molecule has 1 aliphatic rings. The summed E-state index contributed by atoms with van der Waals surface area (Å²) in [5.41, 5.74) is 1.40. The second kappa shape index (κ2) is 6.84. The van der Waals surface area contributed by atoms with Gasteiger partial charge in [-0.1, -0.05) is 12.1 Å². The predicted molar refractivity (Wildman–Crippen MR) is 98.8 cm³/mol. The summed E-state index contributed by atoms with van der Waals surface area (Å²) in [7, 11) is 0. The molecule has 1 N–H and O–H groups in total. The lowest BCUT2D eigenvalue weighted by Gasteiger charge is -2.38. The number of anilines is 1. The summed E-state index contributed by atoms with van der Waals surface area (Å²) in [5.74, 6) is 0.353. The Hall–Kier alpha value is -2.80. The normalized spacial score (nSPS) is 16.8. The fourth-order valence-electron chi connectivity index (χ4n) is 3.42. The van der Waals surface area contributed by atoms with E-state index in [1.54, 1.807) is 12.3 Å². The molecule has 26 heavy (non-hydrogen) atoms. The van der Waals surface area contributed by atoms with Crippen molar-refractivity contribution >= 4 is 16.6 Å². The number of nitrogens with one attached hydrogen (secondary N) is 1. The molecule has 0 spiro atoms. The monoisotopic (exact) mass is 353 g/mol. The van der Waals surface area contributed by atoms with Crippen LogP contribution in [0.4, 0.5) is 10.1 Å². The average molecular weight is 353 g/mol. The number of pyridine rings is 1. The van der Waals surface area contributed by atoms with E-state index in [-0.39, 0.29) is 17.4 Å². The number of rotatable bonds is 3. The van der Waals surface area contributed by atoms with Crippen molar-refractivity contribution in [2.45, 2.75) is 13.0 Å². The Morgan fingerprint density at radius 3 is 2.69 bits per heavy atom. The first kappa shape index (κ1) is 16.7. The van der Waals surface area contributed by atoms with Gasteiger partial charge in [-0.2, -0.15) is 0 Å². The van der Waals surface area contributed by atoms with Crippen molar-refractivity contribution in [2.24, 2.45) is 0 Å². The van der Waals surface area contributed by atoms with Crippen molar-refractivity contribution < 1.29 is 4.39 Å². The van der Waals surface area contributed by atoms with Crippen LogP contribution in [0.25, 0.3) is 10.9 Å². The molecule has 134 valence electrons. The molecule has 1 saturated heterocycles. The number of para-hydroxylation sites is 1. The number of hydrogen-bond donors (Lipinski definition) is 1. The minimum atomic E-state index is -0.323. The highest BCUT2D eigenvalue weighted by atomic mass is 19.1. The van der Waals surface area contributed by atoms with E-state index >= 15 is 0 Å². The Bertz CT molecular complexity index is 981. The first-order valence-electron chi connectivity index (χ1n) is 8.70. The lowest BCUT2D eigenvalue weighted by molar-refractivity contribution is 0.191. The van der Waals surface area contributed by atoms with Crippen LogP contribution in [0.5, 0.6) is 0 Å². The highest BCUT2D eigenvalue weighted by Gasteiger charge is 2.24. The van der Waals surface area contributed by atoms with Gasteiger partial charge < -0.3 is 9.88 Å². The topological polar surface area (TPSA) is 65.1 Å². The lowest BCUT2D eigenvalue weighted by atomic mass is 10.2. The van der Waals surface area contributed by atoms with E-state index in [4.69, 9.17) is 0 Å². The lowest BCUT2D eigenvalue weighted by Crippen LogP contribution is -2.47. The highest BCUT2D eigenvalue weighted by molar-refractivity contribution is 5.77. The van der Waals surface area contributed by atoms with Gasteiger partial charge in [0, 0.05) is 32.2 Å². The molecule has 0 radical (unpaired) electrons. The molecule has 0 aliphatic carbocycles. The van der Waals surface area contributed by atoms with Gasteiger partial charge in [-0.05, 0) is 19.1 Å². The van der Waals surface area contributed by atoms with E-state index in [0.717, 1.165) is 31.9 Å². The largest absolute Gasteiger partial charge is 0.368 e. The highest BCUT2D eigenvalue weighted by Crippen LogP contribution is 2.22. The van der Waals surface area contributed by atoms with E-state index < -0.39 is 0 Å². The number of halogens is 1. The SMILES string of the molecule is CC(c1nc2ccccc2c(=O)[nH]1)N1CCN(c2cncc(F)c2)CC1. The van der Waals surface area contributed by atoms with E-state index in [0.29, 0.717) is 16.7 Å². The molecule has 3 aromatic rings. The fraction of sp³-hybridized carbons (Fsp3) is 0.316. The fourth-order valence-corrected chi connectivity index (χ4v) is 3.42. The maximum Gasteiger partial charge on any atom is 0.258 e. The molecule has 3 heterocycles. The van der Waals surface area contributed by atoms with E-state index in [9.17, 15) is 9.18 Å². The van der Waals surface area contributed by atoms with E-state index in [2.05, 4.69) is 24.8 Å². The molecular formula is C19H20FN5O. The quantitative estimate of drug-likeness (QED) is 0.783. The zero-order chi connectivity index (χ0) is 18.1. The first-order chi connectivity index (χ1) is 12.6. The van der Waals surface area contributed by atoms with Crippen molar-refractivity contribution in [3.05, 3.63) is 64.7 Å². The second-order valence-corrected chi connectivity index (χ2v) is 6.53. The van der Waals surface area contributed by atoms with Gasteiger partial charge in [0.1, 0.15) is 11.6 Å². The Morgan fingerprint density at radius 1 is 1.15 bits per heavy atom. The van der Waals surface area contributed by atoms with Crippen LogP contribution < -0.4 is 10.5 Å². The maximum atomic E-state index is 13.4. The van der Waals surface area contributed by atoms with Crippen LogP contribution in [0.2, 0.25) is 0 Å². The molecule has 0 amide bonds. The number of aromatic amines is 1. The van der Waals surface area contributed by atoms with Crippen LogP contribution in [0.15, 0.2) is 47.5 Å². The first-order valence-corrected chi connectivity index (χ1v) is 8.70. The van der Waals surface area contributed by atoms with Gasteiger partial charge in [-0.3, -0.25) is 14.7 Å². The Balaban J connectivity index is 1.50. The maximum absolute atomic E-state index is 13.4. The number of benzene rings is 1. The van der Waals surface area contributed by atoms with Gasteiger partial charge in [-0.25, -0.2) is 9.37 Å². The predicted octanol–water partition coefficient (Wildman–Crippen LogP) is 2.34. The Morgan fingerprint density at radius 2 is 1.92 bits per heavy atom. The molecule has 1 aliphatic heterocycles. The van der Waals surface area contributed by atoms with Crippen LogP contribution in [-0.4, -0.2) is 46.0 Å². The summed E-state index contributed by atoms with van der Waals surface area (Å²) < 4.78 is 13.4. The molecular weight excluding hydrogens is 333 g/mol. The van der Waals surface area contributed by atoms with Gasteiger partial charge >= 0.3 is 0 Å². The zero-order valence-electron chi connectivity index (χ0n) is 14.5. The van der Waals surface area contributed by atoms with Gasteiger partial charge in [-0.15, -0.1) is 0 Å². The third-order valence-corrected chi connectivity index (χ3v) is 4.94. The summed E-state index contributed by atoms with van der Waals surface area (Å²) in [4.78, 5) is 28.2. The zero-order valence-corrected chi connectivity index (χ0v) is 14.5. The van der Waals surface area contributed by atoms with Crippen molar-refractivity contribution in [1.82, 2.24) is 19.9 Å². The van der Waals surface area contributed by atoms with Crippen molar-refractivity contribution in [3.63, 3.8) is 0 Å². The molecule has 0 bridgehead atoms. The standard InChI is InChI=1S/C19H20FN5O/c1-13(18-22-17-5-3-2-4-16(17)19(26)23-18)24-6-8-25(9-7-24)15-10-14(20)11-21-12-15/h2-5,10-13H,6-9H2,1H3,(H,22,23,26). The molecule has 4 rings (SSSR count). The van der Waals surface area contributed by atoms with E-state index in [1.165, 1.54) is 12.3 Å². The number of nitrogens with zero attached hydrogens (tertiary/aromatic N) is 4. The van der Waals surface area contributed by atoms with Crippen LogP contribution >= 0.6 is 0 Å². The number of fused-ring (bicyclic) bond motifs is 1. The molecule has 1 atom stereocenters. The Labute approximate surface area is 150 Å². The summed E-state index contributed by atoms with van der Waals surface area (Å²) in [6.45, 7) is 5.19. The second-order valence-electron chi connectivity index (χ2n) is 6.53. The minimum Gasteiger partial charge on any atom is -0.368 e. The molecule has 7 heteroatoms. The summed E-state index contributed by atoms with van der Waals surface area (Å²) in [6, 6.07) is 8.86. The van der Waals surface area contributed by atoms with Gasteiger partial charge in [0.25, 0.3) is 5.56 Å². The van der Waals surface area contributed by atoms with Crippen LogP contribution in [0.3, 0.4) is 0 Å². The number of aromatic nitrogens is 3. The van der Waals surface area contributed by atoms with Gasteiger partial charge in [0.15, 0.2) is 0 Å². The molecule has 6 nitrogen and oxygen atoms in total. The number of hydrogen-bond acceptors (Lipinski definition) is 5. The third-order valence-electron chi connectivity index (χ3n) is 4.94. The van der Waals surface area contributed by atoms with Gasteiger partial charge in [0.2, 0.25) is 0 Å². The molecule has 2 aromatic heterocycles. The van der Waals surface area contributed by atoms with E-state index in [1.807, 2.05) is 25.1 Å². The Kier molecular flexibility index (Phi) is 4.38. The van der Waals surface area contributed by atoms with Crippen LogP contribution in [-0.2, 0) is 0 Å². The van der Waals surface area contributed by atoms with Gasteiger partial charge in [0.05, 0.1) is 35.0 Å². The molecule has 1 fully saturated rings. The molecule has 0 saturated carbocycles. The van der Waals surface area contributed by atoms with Crippen molar-refractivity contribution in [3.8, 4) is 0 Å². The summed E-state index contributed by atoms with van der Waals surface area (Å²) >= 11 is 0. The number of H-pyrrole nitrogens is 1. The number of piperazine rings is 1. The average Bonchev–Trinajstić information content (AvgIpc) is 2.67.